The van der Waals surface area contributed by atoms with Gasteiger partial charge in [-0.25, -0.2) is 33.7 Å². The molecule has 0 fully saturated rings. The van der Waals surface area contributed by atoms with Crippen LogP contribution in [-0.4, -0.2) is 54.3 Å². The van der Waals surface area contributed by atoms with E-state index in [0.29, 0.717) is 0 Å². The molecule has 0 radical (unpaired) electrons. The largest absolute Gasteiger partial charge is 1.00 e. The summed E-state index contributed by atoms with van der Waals surface area (Å²) in [5.74, 6) is 0. The Labute approximate surface area is 255 Å². The van der Waals surface area contributed by atoms with Crippen molar-refractivity contribution in [3.05, 3.63) is 47.5 Å². The fourth-order valence-corrected chi connectivity index (χ4v) is 5.22. The van der Waals surface area contributed by atoms with E-state index in [9.17, 15) is 42.8 Å². The molecule has 0 aromatic heterocycles. The summed E-state index contributed by atoms with van der Waals surface area (Å²) in [7, 11) is -17.8. The van der Waals surface area contributed by atoms with Gasteiger partial charge >= 0.3 is 59.1 Å². The summed E-state index contributed by atoms with van der Waals surface area (Å²) in [4.78, 5) is -1.60. The smallest absolute Gasteiger partial charge is 0.744 e. The van der Waals surface area contributed by atoms with Crippen LogP contribution < -0.4 is 68.6 Å². The average Bonchev–Trinajstić information content (AvgIpc) is 2.64. The molecule has 0 aliphatic rings. The SMILES string of the molecule is CC(C)S(=O)(=O)Nc1ccc(/C=C/c2ccc(NS(C)(=O)=O)cc2S(=O)(=O)[O-])c(S(=O)(=O)[O-])c1.[Na+].[Na+]. The second-order valence-corrected chi connectivity index (χ2v) is 14.0. The molecule has 2 N–H and O–H groups in total. The summed E-state index contributed by atoms with van der Waals surface area (Å²) in [6.07, 6.45) is 2.90. The van der Waals surface area contributed by atoms with Gasteiger partial charge in [0.1, 0.15) is 20.2 Å². The van der Waals surface area contributed by atoms with E-state index in [1.807, 2.05) is 4.72 Å². The minimum Gasteiger partial charge on any atom is -0.744 e. The first-order valence-corrected chi connectivity index (χ1v) is 15.4. The second kappa shape index (κ2) is 13.0. The van der Waals surface area contributed by atoms with Crippen molar-refractivity contribution in [1.29, 1.82) is 0 Å². The molecule has 2 aromatic carbocycles. The maximum atomic E-state index is 12.0. The first kappa shape index (κ1) is 35.5. The minimum atomic E-state index is -5.09. The predicted molar refractivity (Wildman–Crippen MR) is 124 cm³/mol. The molecule has 188 valence electrons. The molecule has 0 unspecified atom stereocenters. The van der Waals surface area contributed by atoms with Gasteiger partial charge in [-0.05, 0) is 49.2 Å². The standard InChI is InChI=1S/C18H22N2O10S4.2Na/c1-12(2)32(23,24)20-16-9-7-14(18(11-16)34(28,29)30)5-4-13-6-8-15(19-31(3,21)22)10-17(13)33(25,26)27;;/h4-12,19-20H,1-3H3,(H,25,26,27)(H,28,29,30);;/q;2*+1/p-2/b5-4+;;. The number of nitrogens with one attached hydrogen (secondary N) is 2. The molecule has 0 atom stereocenters. The van der Waals surface area contributed by atoms with E-state index in [0.717, 1.165) is 42.7 Å². The number of rotatable bonds is 9. The molecule has 0 aliphatic carbocycles. The minimum absolute atomic E-state index is 0. The van der Waals surface area contributed by atoms with Gasteiger partial charge in [0.25, 0.3) is 0 Å². The van der Waals surface area contributed by atoms with Crippen LogP contribution in [0, 0.1) is 0 Å². The van der Waals surface area contributed by atoms with Gasteiger partial charge in [0, 0.05) is 11.4 Å². The first-order chi connectivity index (χ1) is 15.3. The van der Waals surface area contributed by atoms with Crippen LogP contribution in [-0.2, 0) is 40.3 Å². The van der Waals surface area contributed by atoms with Crippen LogP contribution in [0.2, 0.25) is 0 Å². The van der Waals surface area contributed by atoms with Crippen LogP contribution in [0.3, 0.4) is 0 Å². The van der Waals surface area contributed by atoms with Gasteiger partial charge < -0.3 is 9.11 Å². The molecular weight excluding hydrogens is 578 g/mol. The van der Waals surface area contributed by atoms with Crippen molar-refractivity contribution in [2.45, 2.75) is 28.9 Å². The fourth-order valence-electron chi connectivity index (χ4n) is 2.58. The molecule has 2 rings (SSSR count). The van der Waals surface area contributed by atoms with Gasteiger partial charge in [-0.15, -0.1) is 0 Å². The van der Waals surface area contributed by atoms with E-state index in [2.05, 4.69) is 4.72 Å². The number of anilines is 2. The summed E-state index contributed by atoms with van der Waals surface area (Å²) in [5, 5.41) is -0.841. The van der Waals surface area contributed by atoms with E-state index >= 15 is 0 Å². The molecule has 0 heterocycles. The van der Waals surface area contributed by atoms with Crippen molar-refractivity contribution in [2.75, 3.05) is 15.7 Å². The third-order valence-electron chi connectivity index (χ3n) is 4.19. The molecule has 0 amide bonds. The van der Waals surface area contributed by atoms with Gasteiger partial charge in [0.05, 0.1) is 21.3 Å². The third-order valence-corrected chi connectivity index (χ3v) is 8.34. The molecule has 0 spiro atoms. The van der Waals surface area contributed by atoms with Gasteiger partial charge in [-0.1, -0.05) is 24.3 Å². The monoisotopic (exact) mass is 598 g/mol. The van der Waals surface area contributed by atoms with E-state index in [4.69, 9.17) is 0 Å². The average molecular weight is 599 g/mol. The quantitative estimate of drug-likeness (QED) is 0.160. The van der Waals surface area contributed by atoms with Crippen LogP contribution in [0.15, 0.2) is 46.2 Å². The van der Waals surface area contributed by atoms with Crippen molar-refractivity contribution in [1.82, 2.24) is 0 Å². The summed E-state index contributed by atoms with van der Waals surface area (Å²) in [6, 6.07) is 6.18. The van der Waals surface area contributed by atoms with Crippen LogP contribution in [0.1, 0.15) is 25.0 Å². The number of sulfonamides is 2. The molecular formula is C18H20N2Na2O10S4. The van der Waals surface area contributed by atoms with Crippen molar-refractivity contribution in [3.8, 4) is 0 Å². The Morgan fingerprint density at radius 2 is 1.06 bits per heavy atom. The van der Waals surface area contributed by atoms with Crippen molar-refractivity contribution in [3.63, 3.8) is 0 Å². The molecule has 0 saturated carbocycles. The Balaban J connectivity index is 0.00000612. The van der Waals surface area contributed by atoms with Crippen molar-refractivity contribution in [2.24, 2.45) is 0 Å². The van der Waals surface area contributed by atoms with Crippen LogP contribution in [0.5, 0.6) is 0 Å². The van der Waals surface area contributed by atoms with Crippen LogP contribution >= 0.6 is 0 Å². The first-order valence-electron chi connectivity index (χ1n) is 9.17. The Kier molecular flexibility index (Phi) is 12.9. The maximum absolute atomic E-state index is 12.0. The fraction of sp³-hybridized carbons (Fsp3) is 0.222. The number of hydrogen-bond acceptors (Lipinski definition) is 10. The number of hydrogen-bond donors (Lipinski definition) is 2. The Hall–Kier alpha value is -0.500. The summed E-state index contributed by atoms with van der Waals surface area (Å²) in [6.45, 7) is 2.78. The predicted octanol–water partition coefficient (Wildman–Crippen LogP) is -4.81. The Morgan fingerprint density at radius 1 is 0.694 bits per heavy atom. The van der Waals surface area contributed by atoms with Gasteiger partial charge in [0.15, 0.2) is 0 Å². The molecule has 2 aromatic rings. The van der Waals surface area contributed by atoms with E-state index in [-0.39, 0.29) is 81.6 Å². The van der Waals surface area contributed by atoms with E-state index in [1.165, 1.54) is 26.0 Å². The van der Waals surface area contributed by atoms with Gasteiger partial charge in [0.2, 0.25) is 20.0 Å². The zero-order chi connectivity index (χ0) is 26.1. The molecule has 0 saturated heterocycles. The maximum Gasteiger partial charge on any atom is 1.00 e. The van der Waals surface area contributed by atoms with Crippen molar-refractivity contribution < 1.29 is 102 Å². The Bertz CT molecular complexity index is 1570. The zero-order valence-electron chi connectivity index (χ0n) is 19.9. The summed E-state index contributed by atoms with van der Waals surface area (Å²) >= 11 is 0. The normalized spacial score (nSPS) is 12.6. The molecule has 36 heavy (non-hydrogen) atoms. The zero-order valence-corrected chi connectivity index (χ0v) is 27.2. The molecule has 12 nitrogen and oxygen atoms in total. The number of benzene rings is 2. The van der Waals surface area contributed by atoms with Gasteiger partial charge in [-0.3, -0.25) is 9.44 Å². The third kappa shape index (κ3) is 10.3. The topological polar surface area (TPSA) is 207 Å². The second-order valence-electron chi connectivity index (χ2n) is 7.32. The van der Waals surface area contributed by atoms with Crippen LogP contribution in [0.25, 0.3) is 12.2 Å². The molecule has 0 aliphatic heterocycles. The molecule has 18 heteroatoms. The summed E-state index contributed by atoms with van der Waals surface area (Å²) < 4.78 is 121. The van der Waals surface area contributed by atoms with E-state index < -0.39 is 55.3 Å². The van der Waals surface area contributed by atoms with Crippen molar-refractivity contribution >= 4 is 63.8 Å². The summed E-state index contributed by atoms with van der Waals surface area (Å²) in [5.41, 5.74) is -0.805. The Morgan fingerprint density at radius 3 is 1.36 bits per heavy atom. The molecule has 0 bridgehead atoms. The van der Waals surface area contributed by atoms with E-state index in [1.54, 1.807) is 0 Å². The van der Waals surface area contributed by atoms with Gasteiger partial charge in [-0.2, -0.15) is 0 Å². The van der Waals surface area contributed by atoms with Crippen LogP contribution in [0.4, 0.5) is 11.4 Å².